The van der Waals surface area contributed by atoms with Crippen molar-refractivity contribution in [2.75, 3.05) is 0 Å². The van der Waals surface area contributed by atoms with Gasteiger partial charge in [-0.25, -0.2) is 4.79 Å². The second-order valence-corrected chi connectivity index (χ2v) is 4.43. The Morgan fingerprint density at radius 3 is 2.27 bits per heavy atom. The minimum atomic E-state index is -0.551. The molecule has 2 rings (SSSR count). The molecule has 15 heavy (non-hydrogen) atoms. The highest BCUT2D eigenvalue weighted by atomic mass is 35.5. The molecular formula is C12H11ClO2. The minimum Gasteiger partial charge on any atom is -0.452 e. The summed E-state index contributed by atoms with van der Waals surface area (Å²) < 4.78 is 5.18. The molecule has 0 atom stereocenters. The van der Waals surface area contributed by atoms with E-state index in [9.17, 15) is 4.79 Å². The van der Waals surface area contributed by atoms with Crippen LogP contribution in [-0.4, -0.2) is 11.6 Å². The molecule has 1 heterocycles. The van der Waals surface area contributed by atoms with Crippen molar-refractivity contribution in [3.8, 4) is 0 Å². The molecule has 0 radical (unpaired) electrons. The lowest BCUT2D eigenvalue weighted by Crippen LogP contribution is -2.22. The number of halogens is 1. The first-order chi connectivity index (χ1) is 6.99. The van der Waals surface area contributed by atoms with Crippen LogP contribution < -0.4 is 0 Å². The molecule has 0 saturated carbocycles. The molecule has 1 aromatic carbocycles. The van der Waals surface area contributed by atoms with Crippen LogP contribution in [-0.2, 0) is 9.53 Å². The van der Waals surface area contributed by atoms with Gasteiger partial charge in [-0.1, -0.05) is 23.7 Å². The lowest BCUT2D eigenvalue weighted by atomic mass is 9.92. The number of ether oxygens (including phenoxy) is 1. The van der Waals surface area contributed by atoms with Gasteiger partial charge in [-0.05, 0) is 31.5 Å². The summed E-state index contributed by atoms with van der Waals surface area (Å²) in [5.74, 6) is -0.287. The maximum absolute atomic E-state index is 11.2. The number of carbonyl (C=O) groups is 1. The van der Waals surface area contributed by atoms with Crippen molar-refractivity contribution in [2.24, 2.45) is 0 Å². The third-order valence-electron chi connectivity index (χ3n) is 2.42. The number of esters is 1. The van der Waals surface area contributed by atoms with E-state index in [1.165, 1.54) is 6.08 Å². The normalized spacial score (nSPS) is 18.6. The van der Waals surface area contributed by atoms with Gasteiger partial charge >= 0.3 is 5.97 Å². The summed E-state index contributed by atoms with van der Waals surface area (Å²) in [7, 11) is 0. The third-order valence-corrected chi connectivity index (χ3v) is 2.67. The number of rotatable bonds is 1. The van der Waals surface area contributed by atoms with Crippen LogP contribution >= 0.6 is 11.6 Å². The topological polar surface area (TPSA) is 26.3 Å². The second kappa shape index (κ2) is 3.38. The lowest BCUT2D eigenvalue weighted by Gasteiger charge is -2.21. The first kappa shape index (κ1) is 10.2. The van der Waals surface area contributed by atoms with Gasteiger partial charge in [-0.3, -0.25) is 0 Å². The molecule has 78 valence electrons. The van der Waals surface area contributed by atoms with Gasteiger partial charge in [0.2, 0.25) is 0 Å². The van der Waals surface area contributed by atoms with Gasteiger partial charge in [0.1, 0.15) is 5.60 Å². The van der Waals surface area contributed by atoms with Crippen LogP contribution in [0.25, 0.3) is 5.57 Å². The van der Waals surface area contributed by atoms with E-state index in [0.717, 1.165) is 11.1 Å². The van der Waals surface area contributed by atoms with Gasteiger partial charge in [0.05, 0.1) is 0 Å². The fourth-order valence-electron chi connectivity index (χ4n) is 1.69. The number of hydrogen-bond donors (Lipinski definition) is 0. The molecule has 0 amide bonds. The quantitative estimate of drug-likeness (QED) is 0.683. The molecule has 1 aliphatic heterocycles. The molecular weight excluding hydrogens is 212 g/mol. The average Bonchev–Trinajstić information content (AvgIpc) is 2.41. The molecule has 1 aliphatic rings. The molecule has 0 saturated heterocycles. The molecule has 0 N–H and O–H groups in total. The van der Waals surface area contributed by atoms with Crippen molar-refractivity contribution in [2.45, 2.75) is 19.4 Å². The maximum atomic E-state index is 11.2. The highest BCUT2D eigenvalue weighted by Crippen LogP contribution is 2.35. The summed E-state index contributed by atoms with van der Waals surface area (Å²) in [6.45, 7) is 3.75. The minimum absolute atomic E-state index is 0.287. The van der Waals surface area contributed by atoms with Gasteiger partial charge in [-0.2, -0.15) is 0 Å². The third kappa shape index (κ3) is 1.90. The van der Waals surface area contributed by atoms with E-state index < -0.39 is 5.60 Å². The van der Waals surface area contributed by atoms with Crippen molar-refractivity contribution < 1.29 is 9.53 Å². The van der Waals surface area contributed by atoms with E-state index in [0.29, 0.717) is 5.02 Å². The molecule has 1 aromatic rings. The number of carbonyl (C=O) groups excluding carboxylic acids is 1. The standard InChI is InChI=1S/C12H11ClO2/c1-12(2)10(7-11(14)15-12)8-3-5-9(13)6-4-8/h3-7H,1-2H3. The molecule has 0 fully saturated rings. The van der Waals surface area contributed by atoms with Crippen LogP contribution in [0.15, 0.2) is 30.3 Å². The Balaban J connectivity index is 2.43. The SMILES string of the molecule is CC1(C)OC(=O)C=C1c1ccc(Cl)cc1. The van der Waals surface area contributed by atoms with Crippen LogP contribution in [0.3, 0.4) is 0 Å². The molecule has 0 bridgehead atoms. The van der Waals surface area contributed by atoms with Crippen LogP contribution in [0, 0.1) is 0 Å². The van der Waals surface area contributed by atoms with Crippen molar-refractivity contribution >= 4 is 23.1 Å². The summed E-state index contributed by atoms with van der Waals surface area (Å²) in [4.78, 5) is 11.2. The van der Waals surface area contributed by atoms with Gasteiger partial charge in [-0.15, -0.1) is 0 Å². The van der Waals surface area contributed by atoms with Crippen LogP contribution in [0.1, 0.15) is 19.4 Å². The van der Waals surface area contributed by atoms with Crippen molar-refractivity contribution in [3.05, 3.63) is 40.9 Å². The van der Waals surface area contributed by atoms with E-state index in [-0.39, 0.29) is 5.97 Å². The summed E-state index contributed by atoms with van der Waals surface area (Å²) in [5, 5.41) is 0.683. The summed E-state index contributed by atoms with van der Waals surface area (Å²) in [6.07, 6.45) is 1.53. The van der Waals surface area contributed by atoms with Crippen molar-refractivity contribution in [1.29, 1.82) is 0 Å². The van der Waals surface area contributed by atoms with Crippen LogP contribution in [0.5, 0.6) is 0 Å². The van der Waals surface area contributed by atoms with E-state index in [1.54, 1.807) is 12.1 Å². The Morgan fingerprint density at radius 2 is 1.80 bits per heavy atom. The molecule has 2 nitrogen and oxygen atoms in total. The van der Waals surface area contributed by atoms with Gasteiger partial charge in [0, 0.05) is 16.7 Å². The highest BCUT2D eigenvalue weighted by molar-refractivity contribution is 6.30. The smallest absolute Gasteiger partial charge is 0.332 e. The molecule has 0 aromatic heterocycles. The van der Waals surface area contributed by atoms with E-state index in [2.05, 4.69) is 0 Å². The number of cyclic esters (lactones) is 1. The predicted octanol–water partition coefficient (Wildman–Crippen LogP) is 3.06. The van der Waals surface area contributed by atoms with Gasteiger partial charge in [0.15, 0.2) is 0 Å². The van der Waals surface area contributed by atoms with E-state index >= 15 is 0 Å². The largest absolute Gasteiger partial charge is 0.452 e. The fraction of sp³-hybridized carbons (Fsp3) is 0.250. The molecule has 0 aliphatic carbocycles. The lowest BCUT2D eigenvalue weighted by molar-refractivity contribution is -0.142. The Labute approximate surface area is 93.5 Å². The first-order valence-electron chi connectivity index (χ1n) is 4.70. The first-order valence-corrected chi connectivity index (χ1v) is 5.08. The monoisotopic (exact) mass is 222 g/mol. The summed E-state index contributed by atoms with van der Waals surface area (Å²) >= 11 is 5.80. The number of benzene rings is 1. The zero-order valence-electron chi connectivity index (χ0n) is 8.58. The number of hydrogen-bond acceptors (Lipinski definition) is 2. The molecule has 0 spiro atoms. The predicted molar refractivity (Wildman–Crippen MR) is 59.6 cm³/mol. The Hall–Kier alpha value is -1.28. The zero-order chi connectivity index (χ0) is 11.1. The van der Waals surface area contributed by atoms with Crippen molar-refractivity contribution in [3.63, 3.8) is 0 Å². The summed E-state index contributed by atoms with van der Waals surface area (Å²) in [6, 6.07) is 7.38. The molecule has 3 heteroatoms. The second-order valence-electron chi connectivity index (χ2n) is 4.00. The van der Waals surface area contributed by atoms with Crippen LogP contribution in [0.2, 0.25) is 5.02 Å². The fourth-order valence-corrected chi connectivity index (χ4v) is 1.81. The van der Waals surface area contributed by atoms with Crippen molar-refractivity contribution in [1.82, 2.24) is 0 Å². The van der Waals surface area contributed by atoms with E-state index in [1.807, 2.05) is 26.0 Å². The average molecular weight is 223 g/mol. The van der Waals surface area contributed by atoms with Gasteiger partial charge < -0.3 is 4.74 Å². The highest BCUT2D eigenvalue weighted by Gasteiger charge is 2.34. The van der Waals surface area contributed by atoms with Gasteiger partial charge in [0.25, 0.3) is 0 Å². The van der Waals surface area contributed by atoms with Crippen LogP contribution in [0.4, 0.5) is 0 Å². The molecule has 0 unspecified atom stereocenters. The Kier molecular flexibility index (Phi) is 2.31. The Morgan fingerprint density at radius 1 is 1.20 bits per heavy atom. The Bertz CT molecular complexity index is 429. The van der Waals surface area contributed by atoms with E-state index in [4.69, 9.17) is 16.3 Å². The maximum Gasteiger partial charge on any atom is 0.332 e. The summed E-state index contributed by atoms with van der Waals surface area (Å²) in [5.41, 5.74) is 1.31. The zero-order valence-corrected chi connectivity index (χ0v) is 9.34.